The Kier molecular flexibility index (Phi) is 4.75. The summed E-state index contributed by atoms with van der Waals surface area (Å²) in [5.74, 6) is 2.16. The van der Waals surface area contributed by atoms with E-state index in [0.717, 1.165) is 24.2 Å². The van der Waals surface area contributed by atoms with Gasteiger partial charge in [0.05, 0.1) is 17.2 Å². The normalized spacial score (nSPS) is 29.0. The van der Waals surface area contributed by atoms with E-state index in [1.807, 2.05) is 12.1 Å². The van der Waals surface area contributed by atoms with Crippen LogP contribution in [0.1, 0.15) is 51.7 Å². The van der Waals surface area contributed by atoms with Crippen LogP contribution in [-0.2, 0) is 0 Å². The molecule has 0 bridgehead atoms. The molecule has 0 heterocycles. The molecule has 0 saturated heterocycles. The van der Waals surface area contributed by atoms with Crippen molar-refractivity contribution in [2.24, 2.45) is 11.8 Å². The molecule has 1 aromatic carbocycles. The Balaban J connectivity index is 2.06. The lowest BCUT2D eigenvalue weighted by Gasteiger charge is -2.32. The van der Waals surface area contributed by atoms with Gasteiger partial charge >= 0.3 is 0 Å². The van der Waals surface area contributed by atoms with E-state index in [1.54, 1.807) is 13.0 Å². The zero-order chi connectivity index (χ0) is 14.0. The lowest BCUT2D eigenvalue weighted by Crippen LogP contribution is -2.28. The first-order valence-corrected chi connectivity index (χ1v) is 7.47. The molecular weight excluding hydrogens is 260 g/mol. The van der Waals surface area contributed by atoms with Gasteiger partial charge in [0.2, 0.25) is 0 Å². The maximum atomic E-state index is 9.53. The van der Waals surface area contributed by atoms with E-state index < -0.39 is 6.10 Å². The summed E-state index contributed by atoms with van der Waals surface area (Å²) in [4.78, 5) is 0. The fraction of sp³-hybridized carbons (Fsp3) is 0.625. The second-order valence-electron chi connectivity index (χ2n) is 6.02. The quantitative estimate of drug-likeness (QED) is 0.878. The fourth-order valence-corrected chi connectivity index (χ4v) is 3.25. The Morgan fingerprint density at radius 2 is 1.84 bits per heavy atom. The second kappa shape index (κ2) is 6.15. The molecule has 2 rings (SSSR count). The molecule has 1 aromatic rings. The summed E-state index contributed by atoms with van der Waals surface area (Å²) in [6, 6.07) is 5.53. The second-order valence-corrected chi connectivity index (χ2v) is 6.43. The Labute approximate surface area is 120 Å². The first kappa shape index (κ1) is 14.7. The third kappa shape index (κ3) is 3.87. The highest BCUT2D eigenvalue weighted by Gasteiger charge is 2.25. The van der Waals surface area contributed by atoms with Crippen molar-refractivity contribution in [2.45, 2.75) is 52.2 Å². The van der Waals surface area contributed by atoms with Gasteiger partial charge in [-0.05, 0) is 55.7 Å². The maximum Gasteiger partial charge on any atom is 0.138 e. The van der Waals surface area contributed by atoms with Crippen LogP contribution >= 0.6 is 11.6 Å². The van der Waals surface area contributed by atoms with Crippen molar-refractivity contribution in [3.8, 4) is 5.75 Å². The van der Waals surface area contributed by atoms with Crippen LogP contribution in [0.3, 0.4) is 0 Å². The molecule has 2 unspecified atom stereocenters. The fourth-order valence-electron chi connectivity index (χ4n) is 3.02. The number of halogens is 1. The molecule has 1 N–H and O–H groups in total. The van der Waals surface area contributed by atoms with Gasteiger partial charge in [0.1, 0.15) is 5.75 Å². The van der Waals surface area contributed by atoms with Gasteiger partial charge < -0.3 is 9.84 Å². The summed E-state index contributed by atoms with van der Waals surface area (Å²) in [6.45, 7) is 6.30. The van der Waals surface area contributed by atoms with E-state index in [0.29, 0.717) is 16.9 Å². The van der Waals surface area contributed by atoms with Crippen molar-refractivity contribution in [3.63, 3.8) is 0 Å². The van der Waals surface area contributed by atoms with Crippen molar-refractivity contribution in [3.05, 3.63) is 28.8 Å². The minimum absolute atomic E-state index is 0.258. The van der Waals surface area contributed by atoms with Crippen LogP contribution in [0.15, 0.2) is 18.2 Å². The van der Waals surface area contributed by atoms with Crippen molar-refractivity contribution in [2.75, 3.05) is 0 Å². The highest BCUT2D eigenvalue weighted by atomic mass is 35.5. The molecule has 1 aliphatic carbocycles. The molecule has 0 radical (unpaired) electrons. The smallest absolute Gasteiger partial charge is 0.138 e. The molecule has 3 atom stereocenters. The lowest BCUT2D eigenvalue weighted by atomic mass is 9.82. The lowest BCUT2D eigenvalue weighted by molar-refractivity contribution is 0.101. The minimum atomic E-state index is -0.499. The van der Waals surface area contributed by atoms with E-state index >= 15 is 0 Å². The Morgan fingerprint density at radius 3 is 2.37 bits per heavy atom. The predicted octanol–water partition coefficient (Wildman–Crippen LogP) is 4.60. The number of aliphatic hydroxyl groups is 1. The number of hydrogen-bond acceptors (Lipinski definition) is 2. The largest absolute Gasteiger partial charge is 0.489 e. The van der Waals surface area contributed by atoms with E-state index in [-0.39, 0.29) is 6.10 Å². The van der Waals surface area contributed by atoms with Crippen LogP contribution in [0.4, 0.5) is 0 Å². The molecule has 3 heteroatoms. The number of ether oxygens (including phenoxy) is 1. The van der Waals surface area contributed by atoms with Crippen LogP contribution in [-0.4, -0.2) is 11.2 Å². The Morgan fingerprint density at radius 1 is 1.21 bits per heavy atom. The molecular formula is C16H23ClO2. The highest BCUT2D eigenvalue weighted by molar-refractivity contribution is 6.32. The van der Waals surface area contributed by atoms with Gasteiger partial charge in [-0.1, -0.05) is 31.5 Å². The van der Waals surface area contributed by atoms with E-state index in [2.05, 4.69) is 13.8 Å². The maximum absolute atomic E-state index is 9.53. The zero-order valence-corrected chi connectivity index (χ0v) is 12.7. The summed E-state index contributed by atoms with van der Waals surface area (Å²) in [6.07, 6.45) is 3.24. The number of aliphatic hydroxyl groups excluding tert-OH is 1. The van der Waals surface area contributed by atoms with Crippen LogP contribution in [0, 0.1) is 11.8 Å². The zero-order valence-electron chi connectivity index (χ0n) is 11.9. The van der Waals surface area contributed by atoms with Crippen LogP contribution in [0.25, 0.3) is 0 Å². The van der Waals surface area contributed by atoms with E-state index in [1.165, 1.54) is 6.42 Å². The molecule has 1 aliphatic rings. The van der Waals surface area contributed by atoms with Crippen molar-refractivity contribution < 1.29 is 9.84 Å². The molecule has 0 aromatic heterocycles. The summed E-state index contributed by atoms with van der Waals surface area (Å²) in [5, 5.41) is 10.1. The first-order valence-electron chi connectivity index (χ1n) is 7.10. The van der Waals surface area contributed by atoms with Gasteiger partial charge in [-0.2, -0.15) is 0 Å². The summed E-state index contributed by atoms with van der Waals surface area (Å²) in [7, 11) is 0. The molecule has 2 nitrogen and oxygen atoms in total. The molecule has 19 heavy (non-hydrogen) atoms. The molecule has 1 saturated carbocycles. The average molecular weight is 283 g/mol. The van der Waals surface area contributed by atoms with Gasteiger partial charge in [0.15, 0.2) is 0 Å². The average Bonchev–Trinajstić information content (AvgIpc) is 2.30. The Bertz CT molecular complexity index is 421. The third-order valence-corrected chi connectivity index (χ3v) is 4.16. The van der Waals surface area contributed by atoms with Crippen LogP contribution < -0.4 is 4.74 Å². The third-order valence-electron chi connectivity index (χ3n) is 3.87. The van der Waals surface area contributed by atoms with E-state index in [4.69, 9.17) is 16.3 Å². The monoisotopic (exact) mass is 282 g/mol. The SMILES string of the molecule is CC1CC(C)CC(Oc2ccc([C@@H](C)O)cc2Cl)C1. The van der Waals surface area contributed by atoms with Crippen molar-refractivity contribution in [1.82, 2.24) is 0 Å². The first-order chi connectivity index (χ1) is 8.95. The number of benzene rings is 1. The standard InChI is InChI=1S/C16H23ClO2/c1-10-6-11(2)8-14(7-10)19-16-5-4-13(12(3)18)9-15(16)17/h4-5,9-12,14,18H,6-8H2,1-3H3/t10?,11?,12-,14?/m1/s1. The predicted molar refractivity (Wildman–Crippen MR) is 78.7 cm³/mol. The summed E-state index contributed by atoms with van der Waals surface area (Å²) >= 11 is 6.23. The molecule has 1 fully saturated rings. The topological polar surface area (TPSA) is 29.5 Å². The van der Waals surface area contributed by atoms with Crippen molar-refractivity contribution in [1.29, 1.82) is 0 Å². The number of rotatable bonds is 3. The molecule has 0 amide bonds. The molecule has 0 spiro atoms. The molecule has 106 valence electrons. The summed E-state index contributed by atoms with van der Waals surface area (Å²) in [5.41, 5.74) is 0.822. The van der Waals surface area contributed by atoms with Gasteiger partial charge in [-0.25, -0.2) is 0 Å². The highest BCUT2D eigenvalue weighted by Crippen LogP contribution is 2.34. The van der Waals surface area contributed by atoms with E-state index in [9.17, 15) is 5.11 Å². The van der Waals surface area contributed by atoms with Crippen LogP contribution in [0.2, 0.25) is 5.02 Å². The van der Waals surface area contributed by atoms with Gasteiger partial charge in [0.25, 0.3) is 0 Å². The van der Waals surface area contributed by atoms with Gasteiger partial charge in [-0.3, -0.25) is 0 Å². The van der Waals surface area contributed by atoms with Gasteiger partial charge in [-0.15, -0.1) is 0 Å². The van der Waals surface area contributed by atoms with Crippen molar-refractivity contribution >= 4 is 11.6 Å². The minimum Gasteiger partial charge on any atom is -0.489 e. The molecule has 0 aliphatic heterocycles. The van der Waals surface area contributed by atoms with Gasteiger partial charge in [0, 0.05) is 0 Å². The Hall–Kier alpha value is -0.730. The van der Waals surface area contributed by atoms with Crippen LogP contribution in [0.5, 0.6) is 5.75 Å². The number of hydrogen-bond donors (Lipinski definition) is 1. The summed E-state index contributed by atoms with van der Waals surface area (Å²) < 4.78 is 6.05.